The number of benzene rings is 1. The second-order valence-corrected chi connectivity index (χ2v) is 5.90. The predicted octanol–water partition coefficient (Wildman–Crippen LogP) is 3.67. The molecule has 92 valence electrons. The van der Waals surface area contributed by atoms with Gasteiger partial charge in [-0.2, -0.15) is 4.40 Å². The van der Waals surface area contributed by atoms with Crippen molar-refractivity contribution >= 4 is 17.2 Å². The molecule has 1 aromatic carbocycles. The fourth-order valence-electron chi connectivity index (χ4n) is 2.14. The van der Waals surface area contributed by atoms with Crippen molar-refractivity contribution in [3.63, 3.8) is 0 Å². The molecule has 0 aromatic heterocycles. The van der Waals surface area contributed by atoms with Gasteiger partial charge in [-0.25, -0.2) is 4.21 Å². The van der Waals surface area contributed by atoms with Crippen LogP contribution in [0.3, 0.4) is 0 Å². The Balaban J connectivity index is 1.96. The molecule has 0 aliphatic heterocycles. The number of rotatable bonds is 3. The van der Waals surface area contributed by atoms with E-state index in [1.807, 2.05) is 37.4 Å². The number of nitrogens with zero attached hydrogens (tertiary/aromatic N) is 1. The molecular formula is C14H19NOS. The molecule has 3 heteroatoms. The summed E-state index contributed by atoms with van der Waals surface area (Å²) in [6.07, 6.45) is 8.23. The Labute approximate surface area is 106 Å². The van der Waals surface area contributed by atoms with Gasteiger partial charge in [0.05, 0.1) is 4.90 Å². The normalized spacial score (nSPS) is 19.6. The standard InChI is InChI=1S/C14H19NOS/c1-12-7-9-14(10-8-12)17(16)15-11-13-5-3-2-4-6-13/h7-11,13H,2-6H2,1H3/b15-11+. The Hall–Kier alpha value is -0.960. The van der Waals surface area contributed by atoms with E-state index in [1.165, 1.54) is 37.7 Å². The maximum atomic E-state index is 11.9. The average Bonchev–Trinajstić information content (AvgIpc) is 2.38. The first kappa shape index (κ1) is 12.5. The van der Waals surface area contributed by atoms with Crippen LogP contribution in [0.4, 0.5) is 0 Å². The van der Waals surface area contributed by atoms with Crippen molar-refractivity contribution in [2.24, 2.45) is 10.3 Å². The van der Waals surface area contributed by atoms with Crippen LogP contribution in [0.15, 0.2) is 33.6 Å². The van der Waals surface area contributed by atoms with E-state index < -0.39 is 11.0 Å². The summed E-state index contributed by atoms with van der Waals surface area (Å²) in [5.41, 5.74) is 1.18. The maximum Gasteiger partial charge on any atom is 0.172 e. The molecule has 2 rings (SSSR count). The minimum absolute atomic E-state index is 0.540. The first-order valence-electron chi connectivity index (χ1n) is 6.28. The van der Waals surface area contributed by atoms with Gasteiger partial charge in [0.1, 0.15) is 0 Å². The van der Waals surface area contributed by atoms with Crippen LogP contribution < -0.4 is 0 Å². The van der Waals surface area contributed by atoms with Crippen molar-refractivity contribution in [3.05, 3.63) is 29.8 Å². The monoisotopic (exact) mass is 249 g/mol. The first-order valence-corrected chi connectivity index (χ1v) is 7.39. The molecule has 0 radical (unpaired) electrons. The molecule has 17 heavy (non-hydrogen) atoms. The molecule has 1 atom stereocenters. The summed E-state index contributed by atoms with van der Waals surface area (Å²) in [7, 11) is -1.22. The quantitative estimate of drug-likeness (QED) is 0.752. The van der Waals surface area contributed by atoms with Crippen molar-refractivity contribution in [1.29, 1.82) is 0 Å². The molecule has 0 saturated heterocycles. The largest absolute Gasteiger partial charge is 0.230 e. The summed E-state index contributed by atoms with van der Waals surface area (Å²) in [5, 5.41) is 0. The lowest BCUT2D eigenvalue weighted by Crippen LogP contribution is -2.07. The van der Waals surface area contributed by atoms with Crippen LogP contribution >= 0.6 is 0 Å². The SMILES string of the molecule is Cc1ccc(S(=O)/N=C/C2CCCCC2)cc1. The molecule has 1 aliphatic rings. The molecule has 1 saturated carbocycles. The minimum atomic E-state index is -1.22. The van der Waals surface area contributed by atoms with Crippen LogP contribution in [0.5, 0.6) is 0 Å². The summed E-state index contributed by atoms with van der Waals surface area (Å²) < 4.78 is 16.1. The number of aryl methyl sites for hydroxylation is 1. The Kier molecular flexibility index (Phi) is 4.49. The van der Waals surface area contributed by atoms with Crippen molar-refractivity contribution in [3.8, 4) is 0 Å². The van der Waals surface area contributed by atoms with Crippen LogP contribution in [0.1, 0.15) is 37.7 Å². The Morgan fingerprint density at radius 2 is 1.82 bits per heavy atom. The molecule has 1 aromatic rings. The lowest BCUT2D eigenvalue weighted by molar-refractivity contribution is 0.445. The molecule has 2 nitrogen and oxygen atoms in total. The van der Waals surface area contributed by atoms with Gasteiger partial charge in [0.2, 0.25) is 0 Å². The highest BCUT2D eigenvalue weighted by molar-refractivity contribution is 7.83. The van der Waals surface area contributed by atoms with E-state index >= 15 is 0 Å². The van der Waals surface area contributed by atoms with Gasteiger partial charge in [0.25, 0.3) is 0 Å². The molecule has 1 aliphatic carbocycles. The molecule has 0 amide bonds. The fraction of sp³-hybridized carbons (Fsp3) is 0.500. The van der Waals surface area contributed by atoms with Gasteiger partial charge in [0.15, 0.2) is 11.0 Å². The van der Waals surface area contributed by atoms with Gasteiger partial charge in [-0.3, -0.25) is 0 Å². The van der Waals surface area contributed by atoms with E-state index in [0.717, 1.165) is 4.90 Å². The summed E-state index contributed by atoms with van der Waals surface area (Å²) in [6, 6.07) is 7.74. The lowest BCUT2D eigenvalue weighted by atomic mass is 9.90. The molecule has 0 bridgehead atoms. The van der Waals surface area contributed by atoms with Crippen LogP contribution in [-0.2, 0) is 11.0 Å². The minimum Gasteiger partial charge on any atom is -0.230 e. The van der Waals surface area contributed by atoms with Gasteiger partial charge in [-0.15, -0.1) is 0 Å². The topological polar surface area (TPSA) is 29.4 Å². The van der Waals surface area contributed by atoms with Crippen molar-refractivity contribution in [2.45, 2.75) is 43.9 Å². The van der Waals surface area contributed by atoms with Gasteiger partial charge in [-0.05, 0) is 37.8 Å². The third-order valence-corrected chi connectivity index (χ3v) is 4.23. The van der Waals surface area contributed by atoms with Crippen LogP contribution in [0, 0.1) is 12.8 Å². The zero-order valence-electron chi connectivity index (χ0n) is 10.3. The van der Waals surface area contributed by atoms with Crippen LogP contribution in [0.25, 0.3) is 0 Å². The third kappa shape index (κ3) is 3.77. The van der Waals surface area contributed by atoms with Gasteiger partial charge in [0, 0.05) is 6.21 Å². The molecule has 1 fully saturated rings. The summed E-state index contributed by atoms with van der Waals surface area (Å²) >= 11 is 0. The van der Waals surface area contributed by atoms with E-state index in [9.17, 15) is 4.21 Å². The van der Waals surface area contributed by atoms with E-state index in [2.05, 4.69) is 4.40 Å². The van der Waals surface area contributed by atoms with Crippen molar-refractivity contribution in [2.75, 3.05) is 0 Å². The van der Waals surface area contributed by atoms with Crippen molar-refractivity contribution in [1.82, 2.24) is 0 Å². The van der Waals surface area contributed by atoms with E-state index in [1.54, 1.807) is 0 Å². The summed E-state index contributed by atoms with van der Waals surface area (Å²) in [4.78, 5) is 0.794. The van der Waals surface area contributed by atoms with Gasteiger partial charge >= 0.3 is 0 Å². The first-order chi connectivity index (χ1) is 8.25. The van der Waals surface area contributed by atoms with Crippen LogP contribution in [-0.4, -0.2) is 10.4 Å². The van der Waals surface area contributed by atoms with E-state index in [-0.39, 0.29) is 0 Å². The molecule has 0 heterocycles. The van der Waals surface area contributed by atoms with Gasteiger partial charge in [-0.1, -0.05) is 37.0 Å². The number of hydrogen-bond acceptors (Lipinski definition) is 1. The lowest BCUT2D eigenvalue weighted by Gasteiger charge is -2.16. The smallest absolute Gasteiger partial charge is 0.172 e. The third-order valence-electron chi connectivity index (χ3n) is 3.24. The average molecular weight is 249 g/mol. The second-order valence-electron chi connectivity index (χ2n) is 4.71. The predicted molar refractivity (Wildman–Crippen MR) is 72.7 cm³/mol. The zero-order valence-corrected chi connectivity index (χ0v) is 11.1. The van der Waals surface area contributed by atoms with Crippen LogP contribution in [0.2, 0.25) is 0 Å². The Morgan fingerprint density at radius 3 is 2.47 bits per heavy atom. The summed E-state index contributed by atoms with van der Waals surface area (Å²) in [5.74, 6) is 0.540. The van der Waals surface area contributed by atoms with Gasteiger partial charge < -0.3 is 0 Å². The molecular weight excluding hydrogens is 230 g/mol. The van der Waals surface area contributed by atoms with E-state index in [0.29, 0.717) is 5.92 Å². The molecule has 1 unspecified atom stereocenters. The number of hydrogen-bond donors (Lipinski definition) is 0. The summed E-state index contributed by atoms with van der Waals surface area (Å²) in [6.45, 7) is 2.03. The highest BCUT2D eigenvalue weighted by atomic mass is 32.2. The fourth-order valence-corrected chi connectivity index (χ4v) is 2.91. The second kappa shape index (κ2) is 6.10. The highest BCUT2D eigenvalue weighted by Gasteiger charge is 2.11. The van der Waals surface area contributed by atoms with E-state index in [4.69, 9.17) is 0 Å². The Morgan fingerprint density at radius 1 is 1.18 bits per heavy atom. The molecule has 0 N–H and O–H groups in total. The van der Waals surface area contributed by atoms with Crippen molar-refractivity contribution < 1.29 is 4.21 Å². The zero-order chi connectivity index (χ0) is 12.1. The highest BCUT2D eigenvalue weighted by Crippen LogP contribution is 2.22. The molecule has 0 spiro atoms. The maximum absolute atomic E-state index is 11.9. The Bertz CT molecular complexity index is 405.